The van der Waals surface area contributed by atoms with Crippen LogP contribution in [0.4, 0.5) is 0 Å². The molecule has 0 saturated carbocycles. The van der Waals surface area contributed by atoms with Gasteiger partial charge in [-0.15, -0.1) is 0 Å². The zero-order valence-corrected chi connectivity index (χ0v) is 44.5. The standard InChI is InChI=1S/C31H60N8O16.C7H14O6.C6H14O5/c1-16(43)35-13-31(8-32,12-34-15-42)14-36-20(46)5-4-17(33-3)27(53)37-9-30(2,10-38-28(54)25(51)23(49)21(47)18(44)6-40)11-39-29(55)26(52)24(50)22(48)19(45)7-41;1-3(9)5(11)7(13)6(12)4(10)2-8;1-3(8)5(10)6(11)4(9)2-7/h15,17-19,21-26,33,40-41,44-45,47-52H,4-14,32H2,1-3H3,(H,34,42)(H,35,43)(H,36,46)(H,37,53)(H,38,54)(H,39,55);4-8,10-13H,2H2,1H3;3-11H,2H2,1H3/t17-,18?,19?,21?,22?,23?,24?,25?,26?,30?,31?;;/m0../s1. The first-order chi connectivity index (χ1) is 36.6. The van der Waals surface area contributed by atoms with E-state index >= 15 is 0 Å². The summed E-state index contributed by atoms with van der Waals surface area (Å²) in [6, 6.07) is -0.984. The molecule has 79 heavy (non-hydrogen) atoms. The molecule has 29 N–H and O–H groups in total. The quantitative estimate of drug-likeness (QED) is 0.0255. The largest absolute Gasteiger partial charge is 0.394 e. The zero-order valence-electron chi connectivity index (χ0n) is 44.5. The monoisotopic (exact) mass is 1160 g/mol. The molecule has 17 unspecified atom stereocenters. The van der Waals surface area contributed by atoms with Crippen LogP contribution in [0.2, 0.25) is 0 Å². The van der Waals surface area contributed by atoms with E-state index in [1.165, 1.54) is 27.8 Å². The first-order valence-electron chi connectivity index (χ1n) is 24.3. The van der Waals surface area contributed by atoms with E-state index in [-0.39, 0.29) is 51.5 Å². The van der Waals surface area contributed by atoms with Crippen molar-refractivity contribution in [3.63, 3.8) is 0 Å². The third-order valence-electron chi connectivity index (χ3n) is 11.9. The van der Waals surface area contributed by atoms with Crippen LogP contribution in [0.5, 0.6) is 0 Å². The topological polar surface area (TPSA) is 634 Å². The van der Waals surface area contributed by atoms with Crippen LogP contribution in [-0.2, 0) is 33.6 Å². The molecule has 35 nitrogen and oxygen atoms in total. The molecular formula is C44H88N8O27. The number of carbonyl (C=O) groups is 7. The van der Waals surface area contributed by atoms with E-state index in [4.69, 9.17) is 67.0 Å². The summed E-state index contributed by atoms with van der Waals surface area (Å²) in [6.45, 7) is 0.267. The molecule has 18 atom stereocenters. The number of aliphatic hydroxyl groups is 20. The zero-order chi connectivity index (χ0) is 62.1. The number of hydrogen-bond acceptors (Lipinski definition) is 29. The van der Waals surface area contributed by atoms with Gasteiger partial charge >= 0.3 is 0 Å². The van der Waals surface area contributed by atoms with Gasteiger partial charge in [-0.3, -0.25) is 33.6 Å². The minimum atomic E-state index is -2.33. The van der Waals surface area contributed by atoms with E-state index in [2.05, 4.69) is 37.2 Å². The number of carbonyl (C=O) groups excluding carboxylic acids is 7. The number of ketones is 1. The maximum atomic E-state index is 13.2. The number of amides is 6. The Morgan fingerprint density at radius 1 is 0.494 bits per heavy atom. The van der Waals surface area contributed by atoms with Gasteiger partial charge in [0.1, 0.15) is 79.4 Å². The van der Waals surface area contributed by atoms with Gasteiger partial charge in [-0.05, 0) is 27.3 Å². The highest BCUT2D eigenvalue weighted by Crippen LogP contribution is 2.16. The van der Waals surface area contributed by atoms with Gasteiger partial charge in [0.15, 0.2) is 18.0 Å². The van der Waals surface area contributed by atoms with Crippen molar-refractivity contribution in [2.24, 2.45) is 16.6 Å². The Morgan fingerprint density at radius 2 is 0.848 bits per heavy atom. The predicted molar refractivity (Wildman–Crippen MR) is 267 cm³/mol. The van der Waals surface area contributed by atoms with Gasteiger partial charge in [-0.2, -0.15) is 0 Å². The predicted octanol–water partition coefficient (Wildman–Crippen LogP) is -16.0. The summed E-state index contributed by atoms with van der Waals surface area (Å²) in [5.74, 6) is -4.80. The Labute approximate surface area is 454 Å². The van der Waals surface area contributed by atoms with Crippen LogP contribution in [0.15, 0.2) is 0 Å². The summed E-state index contributed by atoms with van der Waals surface area (Å²) in [7, 11) is 1.43. The van der Waals surface area contributed by atoms with Crippen molar-refractivity contribution in [2.45, 2.75) is 144 Å². The van der Waals surface area contributed by atoms with E-state index in [1.54, 1.807) is 0 Å². The molecule has 0 radical (unpaired) electrons. The summed E-state index contributed by atoms with van der Waals surface area (Å²) in [4.78, 5) is 84.1. The number of nitrogens with one attached hydrogen (secondary N) is 7. The van der Waals surface area contributed by atoms with Crippen molar-refractivity contribution < 1.29 is 136 Å². The molecule has 0 spiro atoms. The van der Waals surface area contributed by atoms with Gasteiger partial charge in [-0.25, -0.2) is 0 Å². The van der Waals surface area contributed by atoms with Crippen LogP contribution in [0.3, 0.4) is 0 Å². The number of rotatable bonds is 38. The number of hydrogen-bond donors (Lipinski definition) is 28. The molecule has 0 saturated heterocycles. The van der Waals surface area contributed by atoms with Crippen LogP contribution >= 0.6 is 0 Å². The normalized spacial score (nSPS) is 19.4. The summed E-state index contributed by atoms with van der Waals surface area (Å²) < 4.78 is 0. The number of nitrogens with two attached hydrogens (primary N) is 1. The molecule has 0 aliphatic heterocycles. The highest BCUT2D eigenvalue weighted by atomic mass is 16.4. The first-order valence-corrected chi connectivity index (χ1v) is 24.3. The van der Waals surface area contributed by atoms with E-state index in [0.717, 1.165) is 6.92 Å². The van der Waals surface area contributed by atoms with E-state index in [0.29, 0.717) is 6.41 Å². The SMILES string of the molecule is CC(=O)C(O)C(O)C(O)C(O)CO.CC(O)C(O)C(O)C(O)CO.CN[C@@H](CCC(=O)NCC(CN)(CNC=O)CNC(C)=O)C(=O)NCC(C)(CNC(=O)C(O)C(O)C(O)C(O)CO)CNC(=O)C(O)C(O)C(O)C(O)CO. The van der Waals surface area contributed by atoms with E-state index < -0.39 is 183 Å². The van der Waals surface area contributed by atoms with Gasteiger partial charge in [-0.1, -0.05) is 6.92 Å². The fourth-order valence-corrected chi connectivity index (χ4v) is 6.19. The molecule has 0 aromatic carbocycles. The lowest BCUT2D eigenvalue weighted by Gasteiger charge is -2.33. The first kappa shape index (κ1) is 78.8. The molecule has 6 amide bonds. The van der Waals surface area contributed by atoms with Crippen LogP contribution in [-0.4, -0.2) is 327 Å². The Kier molecular flexibility index (Phi) is 40.6. The van der Waals surface area contributed by atoms with Crippen molar-refractivity contribution in [3.8, 4) is 0 Å². The molecule has 0 aliphatic carbocycles. The molecule has 466 valence electrons. The van der Waals surface area contributed by atoms with Crippen LogP contribution in [0.25, 0.3) is 0 Å². The molecule has 0 aliphatic rings. The number of likely N-dealkylation sites (N-methyl/N-ethyl adjacent to an activating group) is 1. The molecule has 0 heterocycles. The lowest BCUT2D eigenvalue weighted by Crippen LogP contribution is -2.57. The Balaban J connectivity index is -0.00000196. The third-order valence-corrected chi connectivity index (χ3v) is 11.9. The van der Waals surface area contributed by atoms with Gasteiger partial charge in [0.05, 0.1) is 38.6 Å². The molecule has 0 fully saturated rings. The third kappa shape index (κ3) is 29.8. The molecule has 0 rings (SSSR count). The summed E-state index contributed by atoms with van der Waals surface area (Å²) >= 11 is 0. The Morgan fingerprint density at radius 3 is 1.16 bits per heavy atom. The van der Waals surface area contributed by atoms with Crippen LogP contribution in [0, 0.1) is 10.8 Å². The minimum Gasteiger partial charge on any atom is -0.394 e. The average Bonchev–Trinajstić information content (AvgIpc) is 3.44. The van der Waals surface area contributed by atoms with Crippen LogP contribution < -0.4 is 43.0 Å². The van der Waals surface area contributed by atoms with Crippen molar-refractivity contribution in [2.75, 3.05) is 79.3 Å². The van der Waals surface area contributed by atoms with Crippen molar-refractivity contribution in [3.05, 3.63) is 0 Å². The molecule has 0 aromatic rings. The second-order valence-corrected chi connectivity index (χ2v) is 18.8. The fraction of sp³-hybridized carbons (Fsp3) is 0.841. The van der Waals surface area contributed by atoms with Gasteiger partial charge in [0.2, 0.25) is 24.1 Å². The molecule has 0 bridgehead atoms. The Bertz CT molecular complexity index is 1720. The maximum Gasteiger partial charge on any atom is 0.251 e. The summed E-state index contributed by atoms with van der Waals surface area (Å²) in [5.41, 5.74) is 3.57. The molecular weight excluding hydrogens is 1070 g/mol. The smallest absolute Gasteiger partial charge is 0.251 e. The summed E-state index contributed by atoms with van der Waals surface area (Å²) in [6.07, 6.45) is -29.4. The van der Waals surface area contributed by atoms with Crippen LogP contribution in [0.1, 0.15) is 40.5 Å². The highest BCUT2D eigenvalue weighted by Gasteiger charge is 2.39. The van der Waals surface area contributed by atoms with Crippen molar-refractivity contribution in [1.29, 1.82) is 0 Å². The lowest BCUT2D eigenvalue weighted by molar-refractivity contribution is -0.149. The summed E-state index contributed by atoms with van der Waals surface area (Å²) in [5, 5.41) is 203. The minimum absolute atomic E-state index is 0.0156. The van der Waals surface area contributed by atoms with Gasteiger partial charge in [0, 0.05) is 70.0 Å². The van der Waals surface area contributed by atoms with Gasteiger partial charge in [0.25, 0.3) is 11.8 Å². The second kappa shape index (κ2) is 40.7. The second-order valence-electron chi connectivity index (χ2n) is 18.8. The van der Waals surface area contributed by atoms with E-state index in [9.17, 15) is 74.4 Å². The lowest BCUT2D eigenvalue weighted by atomic mass is 9.87. The average molecular weight is 1160 g/mol. The van der Waals surface area contributed by atoms with Gasteiger partial charge < -0.3 is 145 Å². The maximum absolute atomic E-state index is 13.2. The molecule has 0 aromatic heterocycles. The highest BCUT2D eigenvalue weighted by molar-refractivity contribution is 5.84. The number of Topliss-reactive ketones (excluding diaryl/α,β-unsaturated/α-hetero) is 1. The van der Waals surface area contributed by atoms with Crippen molar-refractivity contribution >= 4 is 41.7 Å². The number of aliphatic hydroxyl groups excluding tert-OH is 20. The van der Waals surface area contributed by atoms with E-state index in [1.807, 2.05) is 0 Å². The van der Waals surface area contributed by atoms with Crippen molar-refractivity contribution in [1.82, 2.24) is 37.2 Å². The fourth-order valence-electron chi connectivity index (χ4n) is 6.19. The molecule has 35 heteroatoms. The Hall–Kier alpha value is -4.39.